The third-order valence-electron chi connectivity index (χ3n) is 6.04. The quantitative estimate of drug-likeness (QED) is 0.509. The van der Waals surface area contributed by atoms with Crippen LogP contribution in [0.3, 0.4) is 0 Å². The molecular formula is C23H23ClN6O. The average molecular weight is 435 g/mol. The highest BCUT2D eigenvalue weighted by Gasteiger charge is 2.38. The van der Waals surface area contributed by atoms with Gasteiger partial charge in [0.25, 0.3) is 5.91 Å². The Morgan fingerprint density at radius 2 is 1.94 bits per heavy atom. The van der Waals surface area contributed by atoms with Crippen molar-refractivity contribution in [2.24, 2.45) is 5.92 Å². The van der Waals surface area contributed by atoms with Gasteiger partial charge in [-0.05, 0) is 61.6 Å². The van der Waals surface area contributed by atoms with E-state index in [0.29, 0.717) is 22.8 Å². The molecule has 0 unspecified atom stereocenters. The molecular weight excluding hydrogens is 412 g/mol. The van der Waals surface area contributed by atoms with Gasteiger partial charge >= 0.3 is 0 Å². The van der Waals surface area contributed by atoms with Crippen LogP contribution in [0.1, 0.15) is 46.7 Å². The fourth-order valence-corrected chi connectivity index (χ4v) is 4.53. The number of nitrogens with zero attached hydrogens (tertiary/aromatic N) is 5. The lowest BCUT2D eigenvalue weighted by Gasteiger charge is -2.26. The minimum Gasteiger partial charge on any atom is -0.340 e. The molecule has 0 radical (unpaired) electrons. The molecule has 0 spiro atoms. The van der Waals surface area contributed by atoms with Crippen LogP contribution in [0.4, 0.5) is 0 Å². The summed E-state index contributed by atoms with van der Waals surface area (Å²) in [5, 5.41) is 9.17. The van der Waals surface area contributed by atoms with Gasteiger partial charge in [0.15, 0.2) is 0 Å². The summed E-state index contributed by atoms with van der Waals surface area (Å²) >= 11 is 6.29. The maximum atomic E-state index is 13.7. The van der Waals surface area contributed by atoms with Crippen LogP contribution in [0.25, 0.3) is 16.7 Å². The summed E-state index contributed by atoms with van der Waals surface area (Å²) < 4.78 is 0. The summed E-state index contributed by atoms with van der Waals surface area (Å²) in [5.41, 5.74) is 5.04. The summed E-state index contributed by atoms with van der Waals surface area (Å²) in [4.78, 5) is 25.4. The lowest BCUT2D eigenvalue weighted by atomic mass is 10.0. The van der Waals surface area contributed by atoms with E-state index in [2.05, 4.69) is 22.1 Å². The summed E-state index contributed by atoms with van der Waals surface area (Å²) in [5.74, 6) is 1.02. The van der Waals surface area contributed by atoms with Gasteiger partial charge in [-0.3, -0.25) is 4.79 Å². The van der Waals surface area contributed by atoms with E-state index in [4.69, 9.17) is 16.6 Å². The monoisotopic (exact) mass is 434 g/mol. The normalized spacial score (nSPS) is 18.8. The maximum Gasteiger partial charge on any atom is 0.256 e. The Labute approximate surface area is 185 Å². The highest BCUT2D eigenvalue weighted by molar-refractivity contribution is 6.32. The molecule has 1 fully saturated rings. The number of nitrogens with one attached hydrogen (secondary N) is 1. The first-order valence-corrected chi connectivity index (χ1v) is 10.7. The largest absolute Gasteiger partial charge is 0.340 e. The van der Waals surface area contributed by atoms with Crippen LogP contribution in [0.2, 0.25) is 5.02 Å². The van der Waals surface area contributed by atoms with Crippen molar-refractivity contribution in [3.05, 3.63) is 70.3 Å². The van der Waals surface area contributed by atoms with Crippen LogP contribution in [-0.4, -0.2) is 42.3 Å². The molecule has 2 atom stereocenters. The Bertz CT molecular complexity index is 1240. The fourth-order valence-electron chi connectivity index (χ4n) is 4.37. The zero-order valence-corrected chi connectivity index (χ0v) is 18.4. The average Bonchev–Trinajstić information content (AvgIpc) is 3.47. The highest BCUT2D eigenvalue weighted by atomic mass is 35.5. The number of hydrogen-bond donors (Lipinski definition) is 1. The first-order chi connectivity index (χ1) is 14.9. The van der Waals surface area contributed by atoms with E-state index in [0.717, 1.165) is 34.4 Å². The third-order valence-corrected chi connectivity index (χ3v) is 6.45. The van der Waals surface area contributed by atoms with Crippen molar-refractivity contribution in [2.45, 2.75) is 33.2 Å². The second-order valence-electron chi connectivity index (χ2n) is 8.29. The lowest BCUT2D eigenvalue weighted by Crippen LogP contribution is -2.33. The Hall–Kier alpha value is -3.19. The van der Waals surface area contributed by atoms with Crippen molar-refractivity contribution in [3.8, 4) is 5.69 Å². The number of aryl methyl sites for hydroxylation is 2. The molecule has 2 aromatic carbocycles. The van der Waals surface area contributed by atoms with E-state index in [1.165, 1.54) is 4.80 Å². The maximum absolute atomic E-state index is 13.7. The van der Waals surface area contributed by atoms with Crippen molar-refractivity contribution in [1.29, 1.82) is 0 Å². The van der Waals surface area contributed by atoms with Gasteiger partial charge in [0, 0.05) is 11.6 Å². The highest BCUT2D eigenvalue weighted by Crippen LogP contribution is 2.38. The zero-order valence-electron chi connectivity index (χ0n) is 17.6. The first-order valence-electron chi connectivity index (χ1n) is 10.4. The number of amides is 1. The number of aromatic amines is 1. The second kappa shape index (κ2) is 7.50. The van der Waals surface area contributed by atoms with Gasteiger partial charge in [0.1, 0.15) is 5.82 Å². The van der Waals surface area contributed by atoms with Crippen LogP contribution >= 0.6 is 11.6 Å². The van der Waals surface area contributed by atoms with Gasteiger partial charge in [-0.2, -0.15) is 15.0 Å². The second-order valence-corrected chi connectivity index (χ2v) is 8.70. The molecule has 2 aromatic heterocycles. The summed E-state index contributed by atoms with van der Waals surface area (Å²) in [6.07, 6.45) is 4.13. The summed E-state index contributed by atoms with van der Waals surface area (Å²) in [6.45, 7) is 6.79. The van der Waals surface area contributed by atoms with Gasteiger partial charge < -0.3 is 9.88 Å². The molecule has 1 amide bonds. The Morgan fingerprint density at radius 1 is 1.16 bits per heavy atom. The predicted octanol–water partition coefficient (Wildman–Crippen LogP) is 4.64. The van der Waals surface area contributed by atoms with Gasteiger partial charge in [0.05, 0.1) is 40.7 Å². The van der Waals surface area contributed by atoms with Crippen LogP contribution in [-0.2, 0) is 0 Å². The number of fused-ring (bicyclic) bond motifs is 1. The number of H-pyrrole nitrogens is 1. The zero-order chi connectivity index (χ0) is 21.7. The number of aromatic nitrogens is 5. The molecule has 31 heavy (non-hydrogen) atoms. The third kappa shape index (κ3) is 3.39. The summed E-state index contributed by atoms with van der Waals surface area (Å²) in [7, 11) is 0. The topological polar surface area (TPSA) is 79.7 Å². The molecule has 4 aromatic rings. The van der Waals surface area contributed by atoms with Crippen LogP contribution in [0.15, 0.2) is 42.7 Å². The van der Waals surface area contributed by atoms with E-state index >= 15 is 0 Å². The smallest absolute Gasteiger partial charge is 0.256 e. The molecule has 0 saturated carbocycles. The Kier molecular flexibility index (Phi) is 4.78. The Balaban J connectivity index is 1.56. The van der Waals surface area contributed by atoms with Crippen molar-refractivity contribution in [1.82, 2.24) is 29.9 Å². The van der Waals surface area contributed by atoms with Gasteiger partial charge in [0.2, 0.25) is 0 Å². The molecule has 5 rings (SSSR count). The van der Waals surface area contributed by atoms with Gasteiger partial charge in [-0.1, -0.05) is 24.6 Å². The van der Waals surface area contributed by atoms with Crippen LogP contribution < -0.4 is 0 Å². The van der Waals surface area contributed by atoms with Crippen molar-refractivity contribution in [2.75, 3.05) is 6.54 Å². The minimum atomic E-state index is -0.140. The van der Waals surface area contributed by atoms with Gasteiger partial charge in [-0.15, -0.1) is 0 Å². The molecule has 0 bridgehead atoms. The first kappa shape index (κ1) is 19.8. The van der Waals surface area contributed by atoms with Crippen molar-refractivity contribution in [3.63, 3.8) is 0 Å². The van der Waals surface area contributed by atoms with E-state index < -0.39 is 0 Å². The number of rotatable bonds is 3. The Morgan fingerprint density at radius 3 is 2.71 bits per heavy atom. The van der Waals surface area contributed by atoms with Crippen LogP contribution in [0.5, 0.6) is 0 Å². The predicted molar refractivity (Wildman–Crippen MR) is 119 cm³/mol. The molecule has 8 heteroatoms. The molecule has 1 aliphatic heterocycles. The number of imidazole rings is 1. The number of hydrogen-bond acceptors (Lipinski definition) is 4. The number of carbonyl (C=O) groups excluding carboxylic acids is 1. The molecule has 1 aliphatic rings. The molecule has 3 heterocycles. The number of carbonyl (C=O) groups is 1. The van der Waals surface area contributed by atoms with Gasteiger partial charge in [-0.25, -0.2) is 4.98 Å². The minimum absolute atomic E-state index is 0.0451. The van der Waals surface area contributed by atoms with Crippen molar-refractivity contribution >= 4 is 28.5 Å². The van der Waals surface area contributed by atoms with Crippen molar-refractivity contribution < 1.29 is 4.79 Å². The molecule has 158 valence electrons. The number of benzene rings is 2. The molecule has 1 saturated heterocycles. The standard InChI is InChI=1S/C23H23ClN6O/c1-13-4-5-16(20(10-13)30-25-7-8-26-30)23(31)29-9-6-14(2)21(29)22-27-18-11-15(3)17(24)12-19(18)28-22/h4-5,7-8,10-12,14,21H,6,9H2,1-3H3,(H,27,28)/t14-,21-/m0/s1. The van der Waals surface area contributed by atoms with E-state index in [1.807, 2.05) is 49.1 Å². The SMILES string of the molecule is Cc1ccc(C(=O)N2CC[C@H](C)[C@H]2c2nc3cc(Cl)c(C)cc3[nH]2)c(-n2nccn2)c1. The molecule has 0 aliphatic carbocycles. The van der Waals surface area contributed by atoms with Crippen LogP contribution in [0, 0.1) is 19.8 Å². The molecule has 1 N–H and O–H groups in total. The lowest BCUT2D eigenvalue weighted by molar-refractivity contribution is 0.0714. The summed E-state index contributed by atoms with van der Waals surface area (Å²) in [6, 6.07) is 9.48. The number of halogens is 1. The van der Waals surface area contributed by atoms with E-state index in [-0.39, 0.29) is 17.9 Å². The van der Waals surface area contributed by atoms with E-state index in [9.17, 15) is 4.79 Å². The molecule has 7 nitrogen and oxygen atoms in total. The number of likely N-dealkylation sites (tertiary alicyclic amines) is 1. The van der Waals surface area contributed by atoms with E-state index in [1.54, 1.807) is 12.4 Å². The fraction of sp³-hybridized carbons (Fsp3) is 0.304.